The molecule has 6 heteroatoms. The molecule has 0 fully saturated rings. The molecule has 2 aromatic carbocycles. The van der Waals surface area contributed by atoms with Crippen LogP contribution in [0.3, 0.4) is 0 Å². The Kier molecular flexibility index (Phi) is 6.96. The van der Waals surface area contributed by atoms with Gasteiger partial charge in [-0.25, -0.2) is 0 Å². The number of hydrogen-bond acceptors (Lipinski definition) is 5. The van der Waals surface area contributed by atoms with Crippen molar-refractivity contribution in [2.45, 2.75) is 59.9 Å². The SMILES string of the molecule is CCCCCN1C(=O)c2oc3c(C)cc(C)cc3c(=O)c2C1c1ccc(OCC)c(OCC)c1. The van der Waals surface area contributed by atoms with Crippen molar-refractivity contribution in [2.75, 3.05) is 19.8 Å². The topological polar surface area (TPSA) is 69.0 Å². The summed E-state index contributed by atoms with van der Waals surface area (Å²) in [5.41, 5.74) is 3.39. The van der Waals surface area contributed by atoms with E-state index in [1.54, 1.807) is 4.90 Å². The average Bonchev–Trinajstić information content (AvgIpc) is 3.08. The molecule has 0 bridgehead atoms. The van der Waals surface area contributed by atoms with Crippen molar-refractivity contribution in [3.05, 3.63) is 68.6 Å². The van der Waals surface area contributed by atoms with Crippen LogP contribution in [0, 0.1) is 13.8 Å². The third-order valence-corrected chi connectivity index (χ3v) is 6.28. The number of hydrogen-bond donors (Lipinski definition) is 0. The Morgan fingerprint density at radius 3 is 2.38 bits per heavy atom. The van der Waals surface area contributed by atoms with Crippen LogP contribution in [0.15, 0.2) is 39.5 Å². The molecule has 1 aromatic heterocycles. The van der Waals surface area contributed by atoms with Crippen molar-refractivity contribution in [3.63, 3.8) is 0 Å². The third kappa shape index (κ3) is 4.17. The molecule has 1 unspecified atom stereocenters. The molecule has 1 amide bonds. The highest BCUT2D eigenvalue weighted by Gasteiger charge is 2.42. The Bertz CT molecular complexity index is 1280. The molecule has 0 radical (unpaired) electrons. The molecule has 1 aliphatic heterocycles. The van der Waals surface area contributed by atoms with E-state index in [9.17, 15) is 9.59 Å². The first kappa shape index (κ1) is 23.9. The van der Waals surface area contributed by atoms with Crippen LogP contribution in [0.4, 0.5) is 0 Å². The fourth-order valence-corrected chi connectivity index (χ4v) is 4.82. The van der Waals surface area contributed by atoms with Crippen molar-refractivity contribution in [2.24, 2.45) is 0 Å². The van der Waals surface area contributed by atoms with Gasteiger partial charge in [-0.3, -0.25) is 9.59 Å². The van der Waals surface area contributed by atoms with E-state index >= 15 is 0 Å². The highest BCUT2D eigenvalue weighted by Crippen LogP contribution is 2.41. The number of rotatable bonds is 9. The van der Waals surface area contributed by atoms with Crippen LogP contribution in [0.5, 0.6) is 11.5 Å². The van der Waals surface area contributed by atoms with Gasteiger partial charge in [0, 0.05) is 6.54 Å². The molecule has 0 saturated carbocycles. The number of carbonyl (C=O) groups excluding carboxylic acids is 1. The number of fused-ring (bicyclic) bond motifs is 2. The maximum atomic E-state index is 13.8. The number of ether oxygens (including phenoxy) is 2. The summed E-state index contributed by atoms with van der Waals surface area (Å²) in [6.07, 6.45) is 2.90. The van der Waals surface area contributed by atoms with Crippen LogP contribution >= 0.6 is 0 Å². The van der Waals surface area contributed by atoms with Gasteiger partial charge in [0.2, 0.25) is 5.76 Å². The molecule has 4 rings (SSSR count). The van der Waals surface area contributed by atoms with Gasteiger partial charge in [0.15, 0.2) is 16.9 Å². The highest BCUT2D eigenvalue weighted by atomic mass is 16.5. The van der Waals surface area contributed by atoms with E-state index in [2.05, 4.69) is 6.92 Å². The average molecular weight is 464 g/mol. The lowest BCUT2D eigenvalue weighted by Gasteiger charge is -2.26. The van der Waals surface area contributed by atoms with Gasteiger partial charge in [0.1, 0.15) is 5.58 Å². The molecular formula is C28H33NO5. The third-order valence-electron chi connectivity index (χ3n) is 6.28. The number of unbranched alkanes of at least 4 members (excludes halogenated alkanes) is 2. The predicted molar refractivity (Wildman–Crippen MR) is 133 cm³/mol. The summed E-state index contributed by atoms with van der Waals surface area (Å²) in [4.78, 5) is 29.2. The fraction of sp³-hybridized carbons (Fsp3) is 0.429. The molecule has 180 valence electrons. The summed E-state index contributed by atoms with van der Waals surface area (Å²) < 4.78 is 17.7. The van der Waals surface area contributed by atoms with Gasteiger partial charge in [-0.1, -0.05) is 31.9 Å². The minimum Gasteiger partial charge on any atom is -0.490 e. The quantitative estimate of drug-likeness (QED) is 0.367. The van der Waals surface area contributed by atoms with E-state index in [1.165, 1.54) is 0 Å². The summed E-state index contributed by atoms with van der Waals surface area (Å²) in [5, 5.41) is 0.514. The Morgan fingerprint density at radius 1 is 0.941 bits per heavy atom. The zero-order valence-corrected chi connectivity index (χ0v) is 20.7. The predicted octanol–water partition coefficient (Wildman–Crippen LogP) is 5.94. The lowest BCUT2D eigenvalue weighted by Crippen LogP contribution is -2.30. The van der Waals surface area contributed by atoms with Crippen molar-refractivity contribution in [1.29, 1.82) is 0 Å². The maximum Gasteiger partial charge on any atom is 0.290 e. The Hall–Kier alpha value is -3.28. The van der Waals surface area contributed by atoms with Gasteiger partial charge < -0.3 is 18.8 Å². The van der Waals surface area contributed by atoms with E-state index in [4.69, 9.17) is 13.9 Å². The van der Waals surface area contributed by atoms with Gasteiger partial charge >= 0.3 is 0 Å². The van der Waals surface area contributed by atoms with Crippen LogP contribution in [0.25, 0.3) is 11.0 Å². The lowest BCUT2D eigenvalue weighted by molar-refractivity contribution is 0.0724. The molecule has 6 nitrogen and oxygen atoms in total. The Balaban J connectivity index is 1.93. The van der Waals surface area contributed by atoms with E-state index in [-0.39, 0.29) is 17.1 Å². The fourth-order valence-electron chi connectivity index (χ4n) is 4.82. The first-order chi connectivity index (χ1) is 16.4. The summed E-state index contributed by atoms with van der Waals surface area (Å²) in [6, 6.07) is 8.94. The van der Waals surface area contributed by atoms with Gasteiger partial charge in [0.25, 0.3) is 5.91 Å². The van der Waals surface area contributed by atoms with Gasteiger partial charge in [0.05, 0.1) is 30.2 Å². The van der Waals surface area contributed by atoms with E-state index in [0.717, 1.165) is 36.0 Å². The molecule has 1 aliphatic rings. The van der Waals surface area contributed by atoms with Crippen molar-refractivity contribution in [3.8, 4) is 11.5 Å². The van der Waals surface area contributed by atoms with Crippen molar-refractivity contribution >= 4 is 16.9 Å². The van der Waals surface area contributed by atoms with Gasteiger partial charge in [-0.15, -0.1) is 0 Å². The minimum atomic E-state index is -0.532. The monoisotopic (exact) mass is 463 g/mol. The van der Waals surface area contributed by atoms with Crippen LogP contribution in [0.2, 0.25) is 0 Å². The standard InChI is InChI=1S/C28H33NO5/c1-6-9-10-13-29-24(19-11-12-21(32-7-2)22(16-19)33-8-3)23-25(30)20-15-17(4)14-18(5)26(20)34-27(23)28(29)31/h11-12,14-16,24H,6-10,13H2,1-5H3. The van der Waals surface area contributed by atoms with Crippen LogP contribution in [-0.4, -0.2) is 30.6 Å². The number of amides is 1. The molecule has 0 aliphatic carbocycles. The molecule has 34 heavy (non-hydrogen) atoms. The smallest absolute Gasteiger partial charge is 0.290 e. The summed E-state index contributed by atoms with van der Waals surface area (Å²) in [7, 11) is 0. The van der Waals surface area contributed by atoms with E-state index in [0.29, 0.717) is 47.8 Å². The normalized spacial score (nSPS) is 15.1. The Labute approximate surface area is 200 Å². The zero-order chi connectivity index (χ0) is 24.4. The number of benzene rings is 2. The summed E-state index contributed by atoms with van der Waals surface area (Å²) in [6.45, 7) is 11.4. The van der Waals surface area contributed by atoms with Gasteiger partial charge in [-0.05, 0) is 69.0 Å². The first-order valence-corrected chi connectivity index (χ1v) is 12.2. The van der Waals surface area contributed by atoms with Crippen LogP contribution in [-0.2, 0) is 0 Å². The van der Waals surface area contributed by atoms with E-state index in [1.807, 2.05) is 58.0 Å². The number of carbonyl (C=O) groups is 1. The second-order valence-corrected chi connectivity index (χ2v) is 8.81. The highest BCUT2D eigenvalue weighted by molar-refractivity contribution is 5.99. The second kappa shape index (κ2) is 9.92. The molecule has 1 atom stereocenters. The summed E-state index contributed by atoms with van der Waals surface area (Å²) in [5.74, 6) is 1.17. The Morgan fingerprint density at radius 2 is 1.68 bits per heavy atom. The minimum absolute atomic E-state index is 0.147. The first-order valence-electron chi connectivity index (χ1n) is 12.2. The van der Waals surface area contributed by atoms with E-state index < -0.39 is 6.04 Å². The van der Waals surface area contributed by atoms with Crippen LogP contribution < -0.4 is 14.9 Å². The van der Waals surface area contributed by atoms with Gasteiger partial charge in [-0.2, -0.15) is 0 Å². The zero-order valence-electron chi connectivity index (χ0n) is 20.7. The molecule has 2 heterocycles. The second-order valence-electron chi connectivity index (χ2n) is 8.81. The molecule has 0 spiro atoms. The van der Waals surface area contributed by atoms with Crippen molar-refractivity contribution < 1.29 is 18.7 Å². The molecule has 0 saturated heterocycles. The summed E-state index contributed by atoms with van der Waals surface area (Å²) >= 11 is 0. The van der Waals surface area contributed by atoms with Crippen LogP contribution in [0.1, 0.15) is 78.9 Å². The molecule has 3 aromatic rings. The molecule has 0 N–H and O–H groups in total. The number of nitrogens with zero attached hydrogens (tertiary/aromatic N) is 1. The van der Waals surface area contributed by atoms with Crippen molar-refractivity contribution in [1.82, 2.24) is 4.90 Å². The lowest BCUT2D eigenvalue weighted by atomic mass is 9.97. The largest absolute Gasteiger partial charge is 0.490 e. The molecular weight excluding hydrogens is 430 g/mol. The maximum absolute atomic E-state index is 13.8. The number of aryl methyl sites for hydroxylation is 2.